The zero-order chi connectivity index (χ0) is 18.3. The average Bonchev–Trinajstić information content (AvgIpc) is 3.25. The highest BCUT2D eigenvalue weighted by Gasteiger charge is 2.43. The minimum absolute atomic E-state index is 0.0708. The van der Waals surface area contributed by atoms with Crippen molar-refractivity contribution in [1.82, 2.24) is 15.0 Å². The minimum Gasteiger partial charge on any atom is -0.372 e. The first-order valence-corrected chi connectivity index (χ1v) is 8.95. The Balaban J connectivity index is 1.32. The Morgan fingerprint density at radius 3 is 2.88 bits per heavy atom. The first kappa shape index (κ1) is 17.1. The Kier molecular flexibility index (Phi) is 4.48. The van der Waals surface area contributed by atoms with Gasteiger partial charge in [0.1, 0.15) is 5.82 Å². The number of fused-ring (bicyclic) bond motifs is 1. The lowest BCUT2D eigenvalue weighted by Gasteiger charge is -2.19. The lowest BCUT2D eigenvalue weighted by molar-refractivity contribution is -0.130. The number of hydrogen-bond acceptors (Lipinski definition) is 5. The van der Waals surface area contributed by atoms with Gasteiger partial charge in [-0.15, -0.1) is 0 Å². The number of benzene rings is 1. The number of carbonyl (C=O) groups excluding carboxylic acids is 1. The van der Waals surface area contributed by atoms with Crippen molar-refractivity contribution in [3.05, 3.63) is 46.9 Å². The Labute approximate surface area is 151 Å². The molecule has 0 bridgehead atoms. The second-order valence-corrected chi connectivity index (χ2v) is 7.28. The highest BCUT2D eigenvalue weighted by atomic mass is 19.1. The number of hydrogen-bond donors (Lipinski definition) is 0. The maximum atomic E-state index is 13.2. The van der Waals surface area contributed by atoms with Crippen molar-refractivity contribution in [2.75, 3.05) is 13.1 Å². The van der Waals surface area contributed by atoms with Crippen molar-refractivity contribution in [1.29, 1.82) is 0 Å². The number of aryl methyl sites for hydroxylation is 2. The molecule has 4 rings (SSSR count). The van der Waals surface area contributed by atoms with Gasteiger partial charge in [0.2, 0.25) is 11.8 Å². The topological polar surface area (TPSA) is 68.5 Å². The van der Waals surface area contributed by atoms with E-state index in [0.717, 1.165) is 17.5 Å². The fraction of sp³-hybridized carbons (Fsp3) is 0.526. The summed E-state index contributed by atoms with van der Waals surface area (Å²) in [7, 11) is 0. The highest BCUT2D eigenvalue weighted by molar-refractivity contribution is 5.79. The Morgan fingerprint density at radius 1 is 1.35 bits per heavy atom. The summed E-state index contributed by atoms with van der Waals surface area (Å²) in [5.74, 6) is 1.38. The van der Waals surface area contributed by atoms with Crippen LogP contribution in [0.4, 0.5) is 4.39 Å². The maximum Gasteiger partial charge on any atom is 0.229 e. The molecule has 0 spiro atoms. The van der Waals surface area contributed by atoms with Gasteiger partial charge < -0.3 is 14.2 Å². The molecule has 0 radical (unpaired) electrons. The molecule has 0 N–H and O–H groups in total. The zero-order valence-electron chi connectivity index (χ0n) is 14.9. The van der Waals surface area contributed by atoms with Crippen LogP contribution in [0.2, 0.25) is 0 Å². The second-order valence-electron chi connectivity index (χ2n) is 7.28. The highest BCUT2D eigenvalue weighted by Crippen LogP contribution is 2.34. The molecule has 0 saturated carbocycles. The van der Waals surface area contributed by atoms with Gasteiger partial charge in [0, 0.05) is 19.0 Å². The summed E-state index contributed by atoms with van der Waals surface area (Å²) in [6.45, 7) is 4.95. The van der Waals surface area contributed by atoms with E-state index in [1.54, 1.807) is 13.0 Å². The lowest BCUT2D eigenvalue weighted by Crippen LogP contribution is -2.33. The van der Waals surface area contributed by atoms with Crippen LogP contribution in [0.3, 0.4) is 0 Å². The molecule has 0 aliphatic carbocycles. The minimum atomic E-state index is -0.273. The largest absolute Gasteiger partial charge is 0.372 e. The van der Waals surface area contributed by atoms with Crippen molar-refractivity contribution in [3.63, 3.8) is 0 Å². The molecule has 1 aromatic heterocycles. The molecule has 2 saturated heterocycles. The monoisotopic (exact) mass is 359 g/mol. The van der Waals surface area contributed by atoms with Crippen molar-refractivity contribution in [2.45, 2.75) is 45.3 Å². The van der Waals surface area contributed by atoms with E-state index in [9.17, 15) is 9.18 Å². The Hall–Kier alpha value is -2.28. The standard InChI is InChI=1S/C19H22FN3O3/c1-11-5-15(20)4-3-13(11)7-19(24)23-9-14-6-16(25-17(14)10-23)8-18-21-12(2)22-26-18/h3-5,14,16-17H,6-10H2,1-2H3/t14-,16+,17+/m0/s1. The summed E-state index contributed by atoms with van der Waals surface area (Å²) in [4.78, 5) is 18.7. The van der Waals surface area contributed by atoms with Gasteiger partial charge in [0.25, 0.3) is 0 Å². The molecule has 2 aromatic rings. The number of ether oxygens (including phenoxy) is 1. The SMILES string of the molecule is Cc1noc(C[C@H]2C[C@H]3CN(C(=O)Cc4ccc(F)cc4C)C[C@H]3O2)n1. The predicted octanol–water partition coefficient (Wildman–Crippen LogP) is 2.23. The van der Waals surface area contributed by atoms with Crippen molar-refractivity contribution in [2.24, 2.45) is 5.92 Å². The molecule has 2 aliphatic rings. The number of rotatable bonds is 4. The van der Waals surface area contributed by atoms with E-state index in [2.05, 4.69) is 10.1 Å². The molecule has 1 aromatic carbocycles. The van der Waals surface area contributed by atoms with Crippen LogP contribution in [0, 0.1) is 25.6 Å². The zero-order valence-corrected chi connectivity index (χ0v) is 14.9. The van der Waals surface area contributed by atoms with Crippen LogP contribution >= 0.6 is 0 Å². The van der Waals surface area contributed by atoms with Gasteiger partial charge in [0.05, 0.1) is 25.0 Å². The summed E-state index contributed by atoms with van der Waals surface area (Å²) in [5, 5.41) is 3.80. The fourth-order valence-corrected chi connectivity index (χ4v) is 3.95. The van der Waals surface area contributed by atoms with E-state index < -0.39 is 0 Å². The molecular formula is C19H22FN3O3. The Bertz CT molecular complexity index is 808. The van der Waals surface area contributed by atoms with E-state index in [-0.39, 0.29) is 23.9 Å². The molecule has 7 heteroatoms. The quantitative estimate of drug-likeness (QED) is 0.837. The third kappa shape index (κ3) is 3.49. The molecular weight excluding hydrogens is 337 g/mol. The van der Waals surface area contributed by atoms with Crippen molar-refractivity contribution >= 4 is 5.91 Å². The van der Waals surface area contributed by atoms with Crippen LogP contribution in [0.25, 0.3) is 0 Å². The summed E-state index contributed by atoms with van der Waals surface area (Å²) in [5.41, 5.74) is 1.68. The molecule has 0 unspecified atom stereocenters. The molecule has 3 atom stereocenters. The molecule has 1 amide bonds. The maximum absolute atomic E-state index is 13.2. The van der Waals surface area contributed by atoms with Crippen molar-refractivity contribution < 1.29 is 18.4 Å². The van der Waals surface area contributed by atoms with Gasteiger partial charge in [0.15, 0.2) is 5.82 Å². The van der Waals surface area contributed by atoms with E-state index in [4.69, 9.17) is 9.26 Å². The molecule has 3 heterocycles. The summed E-state index contributed by atoms with van der Waals surface area (Å²) in [6, 6.07) is 4.56. The van der Waals surface area contributed by atoms with Gasteiger partial charge in [-0.3, -0.25) is 4.79 Å². The predicted molar refractivity (Wildman–Crippen MR) is 90.9 cm³/mol. The van der Waals surface area contributed by atoms with Gasteiger partial charge in [-0.1, -0.05) is 11.2 Å². The molecule has 2 fully saturated rings. The molecule has 6 nitrogen and oxygen atoms in total. The van der Waals surface area contributed by atoms with E-state index >= 15 is 0 Å². The molecule has 138 valence electrons. The fourth-order valence-electron chi connectivity index (χ4n) is 3.95. The molecule has 2 aliphatic heterocycles. The van der Waals surface area contributed by atoms with Crippen LogP contribution in [-0.4, -0.2) is 46.2 Å². The van der Waals surface area contributed by atoms with Gasteiger partial charge in [-0.2, -0.15) is 4.98 Å². The van der Waals surface area contributed by atoms with Crippen molar-refractivity contribution in [3.8, 4) is 0 Å². The first-order valence-electron chi connectivity index (χ1n) is 8.95. The number of aromatic nitrogens is 2. The molecule has 26 heavy (non-hydrogen) atoms. The van der Waals surface area contributed by atoms with Gasteiger partial charge in [-0.25, -0.2) is 4.39 Å². The number of amides is 1. The first-order chi connectivity index (χ1) is 12.5. The third-order valence-electron chi connectivity index (χ3n) is 5.28. The van der Waals surface area contributed by atoms with Gasteiger partial charge in [-0.05, 0) is 43.5 Å². The van der Waals surface area contributed by atoms with Gasteiger partial charge >= 0.3 is 0 Å². The van der Waals surface area contributed by atoms with Crippen LogP contribution in [0.5, 0.6) is 0 Å². The number of carbonyl (C=O) groups is 1. The third-order valence-corrected chi connectivity index (χ3v) is 5.28. The summed E-state index contributed by atoms with van der Waals surface area (Å²) >= 11 is 0. The average molecular weight is 359 g/mol. The Morgan fingerprint density at radius 2 is 2.19 bits per heavy atom. The van der Waals surface area contributed by atoms with Crippen LogP contribution < -0.4 is 0 Å². The number of nitrogens with zero attached hydrogens (tertiary/aromatic N) is 3. The van der Waals surface area contributed by atoms with E-state index in [0.29, 0.717) is 43.6 Å². The normalized spacial score (nSPS) is 24.9. The van der Waals surface area contributed by atoms with E-state index in [1.165, 1.54) is 12.1 Å². The number of likely N-dealkylation sites (tertiary alicyclic amines) is 1. The van der Waals surface area contributed by atoms with Crippen LogP contribution in [0.1, 0.15) is 29.3 Å². The van der Waals surface area contributed by atoms with E-state index in [1.807, 2.05) is 11.8 Å². The lowest BCUT2D eigenvalue weighted by atomic mass is 10.0. The van der Waals surface area contributed by atoms with Crippen LogP contribution in [0.15, 0.2) is 22.7 Å². The number of halogens is 1. The second kappa shape index (κ2) is 6.79. The summed E-state index contributed by atoms with van der Waals surface area (Å²) in [6.07, 6.45) is 1.96. The summed E-state index contributed by atoms with van der Waals surface area (Å²) < 4.78 is 24.5. The van der Waals surface area contributed by atoms with Crippen LogP contribution in [-0.2, 0) is 22.4 Å². The smallest absolute Gasteiger partial charge is 0.229 e.